The fraction of sp³-hybridized carbons (Fsp3) is 0.375. The van der Waals surface area contributed by atoms with Gasteiger partial charge in [-0.25, -0.2) is 0 Å². The smallest absolute Gasteiger partial charge is 0.312 e. The van der Waals surface area contributed by atoms with Gasteiger partial charge < -0.3 is 28.4 Å². The molecule has 8 rings (SSSR count). The minimum atomic E-state index is -0.472. The van der Waals surface area contributed by atoms with Gasteiger partial charge in [0.15, 0.2) is 34.5 Å². The Morgan fingerprint density at radius 1 is 0.760 bits per heavy atom. The Morgan fingerprint density at radius 2 is 1.40 bits per heavy atom. The molecule has 9 nitrogen and oxygen atoms in total. The van der Waals surface area contributed by atoms with Crippen LogP contribution in [0.3, 0.4) is 0 Å². The zero-order chi connectivity index (χ0) is 34.9. The average molecular weight is 699 g/mol. The minimum Gasteiger partial charge on any atom is -0.493 e. The molecular formula is C40H43ClN2O7. The predicted octanol–water partition coefficient (Wildman–Crippen LogP) is 7.69. The first-order chi connectivity index (χ1) is 24.3. The summed E-state index contributed by atoms with van der Waals surface area (Å²) < 4.78 is 37.1. The Hall–Kier alpha value is -4.44. The van der Waals surface area contributed by atoms with Crippen molar-refractivity contribution >= 4 is 17.6 Å². The lowest BCUT2D eigenvalue weighted by molar-refractivity contribution is -0.134. The first-order valence-corrected chi connectivity index (χ1v) is 17.6. The van der Waals surface area contributed by atoms with Crippen LogP contribution in [0.1, 0.15) is 51.9 Å². The van der Waals surface area contributed by atoms with Crippen LogP contribution in [0.15, 0.2) is 60.7 Å². The molecule has 0 aliphatic carbocycles. The topological polar surface area (TPSA) is 78.9 Å². The predicted molar refractivity (Wildman–Crippen MR) is 192 cm³/mol. The van der Waals surface area contributed by atoms with E-state index >= 15 is 0 Å². The number of esters is 1. The van der Waals surface area contributed by atoms with Crippen molar-refractivity contribution in [2.24, 2.45) is 0 Å². The molecule has 4 aliphatic rings. The number of halogens is 1. The largest absolute Gasteiger partial charge is 0.493 e. The number of benzene rings is 4. The van der Waals surface area contributed by atoms with Gasteiger partial charge in [-0.3, -0.25) is 14.6 Å². The standard InChI is InChI=1S/C40H43ClN2O7/c1-42-16-13-26-21-33(46-4)35-23-29(26)30(42)18-24-6-9-28(10-7-24)48-34-20-25(8-11-32(34)45-3)19-31-38-27(14-17-43(31)2)22-36(47-5)39(40(38)49-35)50-37(44)12-15-41/h6-11,20-23,30-31H,12-19H2,1-5H3/t30-,31-/m0/s1. The van der Waals surface area contributed by atoms with Crippen molar-refractivity contribution in [2.45, 2.75) is 44.2 Å². The van der Waals surface area contributed by atoms with Crippen LogP contribution in [0.2, 0.25) is 0 Å². The van der Waals surface area contributed by atoms with Gasteiger partial charge in [0.1, 0.15) is 5.75 Å². The van der Waals surface area contributed by atoms with Gasteiger partial charge in [-0.05, 0) is 110 Å². The van der Waals surface area contributed by atoms with E-state index in [4.69, 9.17) is 40.0 Å². The third kappa shape index (κ3) is 6.57. The zero-order valence-corrected chi connectivity index (χ0v) is 30.0. The van der Waals surface area contributed by atoms with Crippen LogP contribution in [0.4, 0.5) is 0 Å². The number of hydrogen-bond donors (Lipinski definition) is 0. The third-order valence-electron chi connectivity index (χ3n) is 10.2. The molecule has 0 saturated heterocycles. The number of nitrogens with zero attached hydrogens (tertiary/aromatic N) is 2. The maximum absolute atomic E-state index is 13.1. The van der Waals surface area contributed by atoms with Gasteiger partial charge >= 0.3 is 5.97 Å². The van der Waals surface area contributed by atoms with E-state index in [1.165, 1.54) is 16.7 Å². The molecule has 4 heterocycles. The Kier molecular flexibility index (Phi) is 9.82. The Bertz CT molecular complexity index is 1900. The number of alkyl halides is 1. The van der Waals surface area contributed by atoms with Crippen molar-refractivity contribution in [3.8, 4) is 46.0 Å². The Balaban J connectivity index is 1.48. The normalized spacial score (nSPS) is 18.5. The van der Waals surface area contributed by atoms with Crippen LogP contribution < -0.4 is 28.4 Å². The van der Waals surface area contributed by atoms with E-state index in [0.717, 1.165) is 54.8 Å². The van der Waals surface area contributed by atoms with Crippen molar-refractivity contribution < 1.29 is 33.2 Å². The zero-order valence-electron chi connectivity index (χ0n) is 29.2. The number of ether oxygens (including phenoxy) is 6. The first-order valence-electron chi connectivity index (χ1n) is 17.0. The molecule has 0 spiro atoms. The minimum absolute atomic E-state index is 0.0378. The van der Waals surface area contributed by atoms with Crippen LogP contribution >= 0.6 is 11.6 Å². The molecule has 4 aromatic carbocycles. The van der Waals surface area contributed by atoms with Crippen LogP contribution in [-0.2, 0) is 30.5 Å². The molecule has 6 bridgehead atoms. The van der Waals surface area contributed by atoms with Gasteiger partial charge in [0, 0.05) is 36.6 Å². The highest BCUT2D eigenvalue weighted by atomic mass is 35.5. The quantitative estimate of drug-likeness (QED) is 0.114. The lowest BCUT2D eigenvalue weighted by Gasteiger charge is -2.37. The van der Waals surface area contributed by atoms with E-state index in [-0.39, 0.29) is 30.1 Å². The summed E-state index contributed by atoms with van der Waals surface area (Å²) in [5.74, 6) is 3.90. The summed E-state index contributed by atoms with van der Waals surface area (Å²) in [7, 11) is 9.15. The van der Waals surface area contributed by atoms with Crippen LogP contribution in [0.5, 0.6) is 46.0 Å². The molecule has 0 aromatic heterocycles. The summed E-state index contributed by atoms with van der Waals surface area (Å²) in [6, 6.07) is 20.4. The lowest BCUT2D eigenvalue weighted by Crippen LogP contribution is -2.34. The van der Waals surface area contributed by atoms with Crippen LogP contribution in [0, 0.1) is 0 Å². The number of fused-ring (bicyclic) bond motifs is 2. The van der Waals surface area contributed by atoms with Crippen molar-refractivity contribution in [2.75, 3.05) is 54.4 Å². The SMILES string of the molecule is COc1ccc2cc1Oc1ccc(cc1)C[C@H]1c3cc(c(OC)cc3CCN1C)Oc1c(OC(=O)CCCl)c(OC)cc3c1[C@H](C2)N(C)CC3. The van der Waals surface area contributed by atoms with E-state index in [1.54, 1.807) is 21.3 Å². The van der Waals surface area contributed by atoms with Crippen molar-refractivity contribution in [1.82, 2.24) is 9.80 Å². The fourth-order valence-corrected chi connectivity index (χ4v) is 7.58. The highest BCUT2D eigenvalue weighted by Gasteiger charge is 2.35. The van der Waals surface area contributed by atoms with Crippen molar-refractivity contribution in [3.63, 3.8) is 0 Å². The molecule has 50 heavy (non-hydrogen) atoms. The number of carbonyl (C=O) groups excluding carboxylic acids is 1. The third-order valence-corrected chi connectivity index (χ3v) is 10.3. The highest BCUT2D eigenvalue weighted by Crippen LogP contribution is 2.52. The highest BCUT2D eigenvalue weighted by molar-refractivity contribution is 6.18. The van der Waals surface area contributed by atoms with Crippen molar-refractivity contribution in [3.05, 3.63) is 94.0 Å². The second kappa shape index (κ2) is 14.4. The van der Waals surface area contributed by atoms with Crippen molar-refractivity contribution in [1.29, 1.82) is 0 Å². The fourth-order valence-electron chi connectivity index (χ4n) is 7.42. The van der Waals surface area contributed by atoms with E-state index in [2.05, 4.69) is 54.2 Å². The maximum atomic E-state index is 13.1. The molecule has 0 saturated carbocycles. The second-order valence-electron chi connectivity index (χ2n) is 13.2. The monoisotopic (exact) mass is 698 g/mol. The van der Waals surface area contributed by atoms with Gasteiger partial charge in [0.05, 0.1) is 27.8 Å². The van der Waals surface area contributed by atoms with Gasteiger partial charge in [0.2, 0.25) is 5.75 Å². The summed E-state index contributed by atoms with van der Waals surface area (Å²) in [6.07, 6.45) is 3.09. The number of hydrogen-bond acceptors (Lipinski definition) is 9. The summed E-state index contributed by atoms with van der Waals surface area (Å²) in [4.78, 5) is 17.8. The molecule has 262 valence electrons. The molecule has 4 aliphatic heterocycles. The molecule has 0 radical (unpaired) electrons. The molecule has 0 amide bonds. The maximum Gasteiger partial charge on any atom is 0.312 e. The van der Waals surface area contributed by atoms with Gasteiger partial charge in [-0.2, -0.15) is 0 Å². The van der Waals surface area contributed by atoms with E-state index in [9.17, 15) is 4.79 Å². The summed E-state index contributed by atoms with van der Waals surface area (Å²) in [5.41, 5.74) is 6.60. The number of likely N-dealkylation sites (N-methyl/N-ethyl adjacent to an activating group) is 2. The summed E-state index contributed by atoms with van der Waals surface area (Å²) >= 11 is 5.97. The van der Waals surface area contributed by atoms with E-state index in [1.807, 2.05) is 30.3 Å². The van der Waals surface area contributed by atoms with Crippen LogP contribution in [-0.4, -0.2) is 70.2 Å². The van der Waals surface area contributed by atoms with Gasteiger partial charge in [-0.1, -0.05) is 18.2 Å². The molecule has 2 atom stereocenters. The average Bonchev–Trinajstić information content (AvgIpc) is 3.12. The molecule has 0 fully saturated rings. The lowest BCUT2D eigenvalue weighted by atomic mass is 9.87. The Morgan fingerprint density at radius 3 is 2.12 bits per heavy atom. The molecule has 0 N–H and O–H groups in total. The molecule has 10 heteroatoms. The van der Waals surface area contributed by atoms with Gasteiger partial charge in [-0.15, -0.1) is 11.6 Å². The second-order valence-corrected chi connectivity index (χ2v) is 13.5. The molecule has 4 aromatic rings. The van der Waals surface area contributed by atoms with E-state index < -0.39 is 5.97 Å². The number of rotatable bonds is 6. The Labute approximate surface area is 298 Å². The summed E-state index contributed by atoms with van der Waals surface area (Å²) in [6.45, 7) is 1.73. The van der Waals surface area contributed by atoms with Gasteiger partial charge in [0.25, 0.3) is 0 Å². The van der Waals surface area contributed by atoms with Crippen LogP contribution in [0.25, 0.3) is 0 Å². The molecule has 0 unspecified atom stereocenters. The molecular weight excluding hydrogens is 656 g/mol. The number of carbonyl (C=O) groups is 1. The van der Waals surface area contributed by atoms with E-state index in [0.29, 0.717) is 40.9 Å². The summed E-state index contributed by atoms with van der Waals surface area (Å²) in [5, 5.41) is 0. The number of methoxy groups -OCH3 is 3. The first kappa shape index (κ1) is 34.0.